The van der Waals surface area contributed by atoms with Crippen LogP contribution in [-0.4, -0.2) is 32.8 Å². The number of hydrogen-bond donors (Lipinski definition) is 2. The third-order valence-corrected chi connectivity index (χ3v) is 4.31. The summed E-state index contributed by atoms with van der Waals surface area (Å²) in [5, 5.41) is 16.1. The Hall–Kier alpha value is -1.85. The highest BCUT2D eigenvalue weighted by molar-refractivity contribution is 5.94. The number of carboxylic acids is 1. The largest absolute Gasteiger partial charge is 0.480 e. The van der Waals surface area contributed by atoms with Gasteiger partial charge in [0, 0.05) is 6.20 Å². The third kappa shape index (κ3) is 3.62. The maximum Gasteiger partial charge on any atom is 0.326 e. The maximum atomic E-state index is 12.2. The van der Waals surface area contributed by atoms with Gasteiger partial charge >= 0.3 is 5.97 Å². The summed E-state index contributed by atoms with van der Waals surface area (Å²) in [4.78, 5) is 23.4. The monoisotopic (exact) mass is 293 g/mol. The molecule has 0 saturated heterocycles. The molecular weight excluding hydrogens is 270 g/mol. The molecule has 1 aliphatic carbocycles. The first-order valence-corrected chi connectivity index (χ1v) is 7.61. The molecule has 2 rings (SSSR count). The van der Waals surface area contributed by atoms with Crippen molar-refractivity contribution >= 4 is 11.9 Å². The van der Waals surface area contributed by atoms with E-state index in [-0.39, 0.29) is 11.6 Å². The lowest BCUT2D eigenvalue weighted by atomic mass is 9.99. The first kappa shape index (κ1) is 15.5. The Kier molecular flexibility index (Phi) is 4.98. The number of aromatic nitrogens is 2. The summed E-state index contributed by atoms with van der Waals surface area (Å²) in [6.07, 6.45) is 7.07. The first-order chi connectivity index (χ1) is 10.0. The van der Waals surface area contributed by atoms with Crippen LogP contribution in [0.1, 0.15) is 62.5 Å². The summed E-state index contributed by atoms with van der Waals surface area (Å²) >= 11 is 0. The van der Waals surface area contributed by atoms with Gasteiger partial charge in [-0.1, -0.05) is 33.1 Å². The average molecular weight is 293 g/mol. The predicted octanol–water partition coefficient (Wildman–Crippen LogP) is 2.23. The summed E-state index contributed by atoms with van der Waals surface area (Å²) in [5.74, 6) is -1.55. The Morgan fingerprint density at radius 2 is 2.14 bits per heavy atom. The van der Waals surface area contributed by atoms with E-state index in [2.05, 4.69) is 10.4 Å². The van der Waals surface area contributed by atoms with Gasteiger partial charge in [0.1, 0.15) is 11.7 Å². The van der Waals surface area contributed by atoms with Gasteiger partial charge in [-0.25, -0.2) is 4.79 Å². The Labute approximate surface area is 124 Å². The van der Waals surface area contributed by atoms with Crippen molar-refractivity contribution in [3.8, 4) is 0 Å². The molecule has 1 aliphatic rings. The van der Waals surface area contributed by atoms with Crippen molar-refractivity contribution in [2.45, 2.75) is 58.0 Å². The Morgan fingerprint density at radius 1 is 1.48 bits per heavy atom. The van der Waals surface area contributed by atoms with Crippen LogP contribution < -0.4 is 5.32 Å². The summed E-state index contributed by atoms with van der Waals surface area (Å²) in [6, 6.07) is 1.15. The molecule has 1 fully saturated rings. The smallest absolute Gasteiger partial charge is 0.326 e. The van der Waals surface area contributed by atoms with Crippen molar-refractivity contribution in [1.29, 1.82) is 0 Å². The van der Waals surface area contributed by atoms with Gasteiger partial charge in [0.25, 0.3) is 5.91 Å². The lowest BCUT2D eigenvalue weighted by Gasteiger charge is -2.19. The third-order valence-electron chi connectivity index (χ3n) is 4.31. The van der Waals surface area contributed by atoms with Gasteiger partial charge < -0.3 is 10.4 Å². The number of carbonyl (C=O) groups is 2. The van der Waals surface area contributed by atoms with Crippen LogP contribution >= 0.6 is 0 Å². The van der Waals surface area contributed by atoms with Gasteiger partial charge in [-0.15, -0.1) is 0 Å². The van der Waals surface area contributed by atoms with E-state index in [0.717, 1.165) is 12.8 Å². The Balaban J connectivity index is 2.03. The predicted molar refractivity (Wildman–Crippen MR) is 78.1 cm³/mol. The molecule has 1 heterocycles. The van der Waals surface area contributed by atoms with Crippen LogP contribution in [0.5, 0.6) is 0 Å². The zero-order valence-electron chi connectivity index (χ0n) is 12.6. The molecule has 0 spiro atoms. The zero-order chi connectivity index (χ0) is 15.4. The van der Waals surface area contributed by atoms with Crippen LogP contribution in [-0.2, 0) is 4.79 Å². The molecule has 21 heavy (non-hydrogen) atoms. The highest BCUT2D eigenvalue weighted by atomic mass is 16.4. The van der Waals surface area contributed by atoms with Gasteiger partial charge in [0.05, 0.1) is 6.04 Å². The van der Waals surface area contributed by atoms with Crippen LogP contribution in [0, 0.1) is 5.92 Å². The molecule has 1 amide bonds. The van der Waals surface area contributed by atoms with E-state index < -0.39 is 17.9 Å². The highest BCUT2D eigenvalue weighted by Gasteiger charge is 2.27. The van der Waals surface area contributed by atoms with E-state index in [9.17, 15) is 14.7 Å². The van der Waals surface area contributed by atoms with Crippen LogP contribution in [0.3, 0.4) is 0 Å². The quantitative estimate of drug-likeness (QED) is 0.842. The molecule has 1 saturated carbocycles. The van der Waals surface area contributed by atoms with Gasteiger partial charge in [-0.2, -0.15) is 5.10 Å². The number of rotatable bonds is 6. The first-order valence-electron chi connectivity index (χ1n) is 7.61. The minimum absolute atomic E-state index is 0.122. The number of carbonyl (C=O) groups excluding carboxylic acids is 1. The van der Waals surface area contributed by atoms with Crippen molar-refractivity contribution < 1.29 is 14.7 Å². The fraction of sp³-hybridized carbons (Fsp3) is 0.667. The fourth-order valence-electron chi connectivity index (χ4n) is 2.73. The molecule has 0 aliphatic heterocycles. The zero-order valence-corrected chi connectivity index (χ0v) is 12.6. The van der Waals surface area contributed by atoms with Crippen LogP contribution in [0.4, 0.5) is 0 Å². The molecule has 0 unspecified atom stereocenters. The van der Waals surface area contributed by atoms with Gasteiger partial charge in [0.15, 0.2) is 0 Å². The molecule has 0 bridgehead atoms. The number of amides is 1. The van der Waals surface area contributed by atoms with E-state index in [1.165, 1.54) is 12.8 Å². The molecular formula is C15H23N3O3. The second kappa shape index (κ2) is 6.74. The van der Waals surface area contributed by atoms with E-state index in [1.54, 1.807) is 6.07 Å². The molecule has 6 nitrogen and oxygen atoms in total. The van der Waals surface area contributed by atoms with Crippen LogP contribution in [0.15, 0.2) is 12.3 Å². The van der Waals surface area contributed by atoms with Gasteiger partial charge in [-0.3, -0.25) is 9.48 Å². The number of nitrogens with zero attached hydrogens (tertiary/aromatic N) is 2. The number of nitrogens with one attached hydrogen (secondary N) is 1. The van der Waals surface area contributed by atoms with E-state index in [1.807, 2.05) is 24.7 Å². The molecule has 1 aromatic rings. The normalized spacial score (nSPS) is 18.4. The lowest BCUT2D eigenvalue weighted by Crippen LogP contribution is -2.45. The minimum atomic E-state index is -1.01. The highest BCUT2D eigenvalue weighted by Crippen LogP contribution is 2.28. The second-order valence-electron chi connectivity index (χ2n) is 5.79. The standard InChI is InChI=1S/C15H23N3O3/c1-3-10(2)13(15(20)21)16-14(19)12-8-9-18(17-12)11-6-4-5-7-11/h8-11,13H,3-7H2,1-2H3,(H,16,19)(H,20,21)/t10-,13+/m0/s1. The Morgan fingerprint density at radius 3 is 2.71 bits per heavy atom. The number of carboxylic acid groups (broad SMARTS) is 1. The van der Waals surface area contributed by atoms with Crippen LogP contribution in [0.25, 0.3) is 0 Å². The van der Waals surface area contributed by atoms with Crippen molar-refractivity contribution in [2.75, 3.05) is 0 Å². The van der Waals surface area contributed by atoms with Crippen molar-refractivity contribution in [3.05, 3.63) is 18.0 Å². The summed E-state index contributed by atoms with van der Waals surface area (Å²) < 4.78 is 1.83. The number of hydrogen-bond acceptors (Lipinski definition) is 3. The molecule has 116 valence electrons. The topological polar surface area (TPSA) is 84.2 Å². The molecule has 1 aromatic heterocycles. The van der Waals surface area contributed by atoms with E-state index >= 15 is 0 Å². The molecule has 2 N–H and O–H groups in total. The summed E-state index contributed by atoms with van der Waals surface area (Å²) in [5.41, 5.74) is 0.288. The van der Waals surface area contributed by atoms with Crippen molar-refractivity contribution in [2.24, 2.45) is 5.92 Å². The molecule has 0 radical (unpaired) electrons. The molecule has 6 heteroatoms. The SMILES string of the molecule is CC[C@H](C)[C@@H](NC(=O)c1ccn(C2CCCC2)n1)C(=O)O. The molecule has 0 aromatic carbocycles. The fourth-order valence-corrected chi connectivity index (χ4v) is 2.73. The van der Waals surface area contributed by atoms with Crippen LogP contribution in [0.2, 0.25) is 0 Å². The minimum Gasteiger partial charge on any atom is -0.480 e. The van der Waals surface area contributed by atoms with Gasteiger partial charge in [-0.05, 0) is 24.8 Å². The van der Waals surface area contributed by atoms with E-state index in [4.69, 9.17) is 0 Å². The van der Waals surface area contributed by atoms with Crippen molar-refractivity contribution in [3.63, 3.8) is 0 Å². The summed E-state index contributed by atoms with van der Waals surface area (Å²) in [7, 11) is 0. The maximum absolute atomic E-state index is 12.2. The van der Waals surface area contributed by atoms with E-state index in [0.29, 0.717) is 12.5 Å². The summed E-state index contributed by atoms with van der Waals surface area (Å²) in [6.45, 7) is 3.72. The van der Waals surface area contributed by atoms with Crippen molar-refractivity contribution in [1.82, 2.24) is 15.1 Å². The number of aliphatic carboxylic acids is 1. The Bertz CT molecular complexity index is 506. The second-order valence-corrected chi connectivity index (χ2v) is 5.79. The molecule has 2 atom stereocenters. The lowest BCUT2D eigenvalue weighted by molar-refractivity contribution is -0.140. The van der Waals surface area contributed by atoms with Gasteiger partial charge in [0.2, 0.25) is 0 Å². The average Bonchev–Trinajstić information content (AvgIpc) is 3.12.